The predicted molar refractivity (Wildman–Crippen MR) is 115 cm³/mol. The fourth-order valence-electron chi connectivity index (χ4n) is 3.12. The molecule has 0 radical (unpaired) electrons. The zero-order valence-corrected chi connectivity index (χ0v) is 16.1. The number of hydrogen-bond donors (Lipinski definition) is 0. The van der Waals surface area contributed by atoms with Gasteiger partial charge in [0.05, 0.1) is 17.7 Å². The van der Waals surface area contributed by atoms with Crippen LogP contribution in [0.3, 0.4) is 0 Å². The van der Waals surface area contributed by atoms with E-state index in [0.29, 0.717) is 11.5 Å². The van der Waals surface area contributed by atoms with Gasteiger partial charge in [-0.1, -0.05) is 42.5 Å². The summed E-state index contributed by atoms with van der Waals surface area (Å²) in [6.45, 7) is 0. The first-order valence-electron chi connectivity index (χ1n) is 9.15. The van der Waals surface area contributed by atoms with Gasteiger partial charge in [-0.25, -0.2) is 4.99 Å². The van der Waals surface area contributed by atoms with Crippen LogP contribution in [0.1, 0.15) is 11.1 Å². The lowest BCUT2D eigenvalue weighted by atomic mass is 10.1. The first-order chi connectivity index (χ1) is 14.6. The van der Waals surface area contributed by atoms with Crippen LogP contribution < -0.4 is 9.64 Å². The van der Waals surface area contributed by atoms with Crippen LogP contribution in [0.4, 0.5) is 11.4 Å². The van der Waals surface area contributed by atoms with Crippen molar-refractivity contribution in [3.8, 4) is 5.75 Å². The quantitative estimate of drug-likeness (QED) is 0.361. The largest absolute Gasteiger partial charge is 0.497 e. The lowest BCUT2D eigenvalue weighted by molar-refractivity contribution is -0.384. The normalized spacial score (nSPS) is 14.7. The lowest BCUT2D eigenvalue weighted by Crippen LogP contribution is -2.32. The zero-order chi connectivity index (χ0) is 21.1. The standard InChI is InChI=1S/C23H17N3O4/c1-30-20-13-7-16(8-14-20)15-21-23(27)25(18-9-11-19(12-10-18)26(28)29)22(24-21)17-5-3-2-4-6-17/h2-15H,1H3/b21-15-. The number of non-ortho nitro benzene ring substituents is 1. The Morgan fingerprint density at radius 1 is 0.967 bits per heavy atom. The highest BCUT2D eigenvalue weighted by molar-refractivity contribution is 6.33. The summed E-state index contributed by atoms with van der Waals surface area (Å²) in [5.41, 5.74) is 2.31. The number of amides is 1. The molecule has 1 aliphatic rings. The van der Waals surface area contributed by atoms with E-state index in [2.05, 4.69) is 4.99 Å². The molecule has 1 heterocycles. The molecule has 0 aliphatic carbocycles. The summed E-state index contributed by atoms with van der Waals surface area (Å²) < 4.78 is 5.17. The Balaban J connectivity index is 1.76. The van der Waals surface area contributed by atoms with Crippen molar-refractivity contribution < 1.29 is 14.5 Å². The molecule has 0 atom stereocenters. The van der Waals surface area contributed by atoms with Crippen molar-refractivity contribution >= 4 is 29.2 Å². The molecule has 7 nitrogen and oxygen atoms in total. The van der Waals surface area contributed by atoms with E-state index >= 15 is 0 Å². The summed E-state index contributed by atoms with van der Waals surface area (Å²) >= 11 is 0. The number of carbonyl (C=O) groups excluding carboxylic acids is 1. The van der Waals surface area contributed by atoms with E-state index in [-0.39, 0.29) is 17.3 Å². The Morgan fingerprint density at radius 3 is 2.23 bits per heavy atom. The molecule has 4 rings (SSSR count). The van der Waals surface area contributed by atoms with Gasteiger partial charge in [-0.3, -0.25) is 19.8 Å². The summed E-state index contributed by atoms with van der Waals surface area (Å²) in [6.07, 6.45) is 1.70. The van der Waals surface area contributed by atoms with Crippen molar-refractivity contribution in [2.75, 3.05) is 12.0 Å². The van der Waals surface area contributed by atoms with Gasteiger partial charge in [0.1, 0.15) is 17.3 Å². The van der Waals surface area contributed by atoms with Crippen molar-refractivity contribution in [3.63, 3.8) is 0 Å². The van der Waals surface area contributed by atoms with E-state index in [1.165, 1.54) is 17.0 Å². The Morgan fingerprint density at radius 2 is 1.63 bits per heavy atom. The van der Waals surface area contributed by atoms with Crippen molar-refractivity contribution in [1.29, 1.82) is 0 Å². The molecular weight excluding hydrogens is 382 g/mol. The first kappa shape index (κ1) is 19.1. The van der Waals surface area contributed by atoms with Gasteiger partial charge in [-0.2, -0.15) is 0 Å². The molecule has 0 spiro atoms. The number of rotatable bonds is 5. The third kappa shape index (κ3) is 3.68. The number of nitro benzene ring substituents is 1. The maximum Gasteiger partial charge on any atom is 0.282 e. The highest BCUT2D eigenvalue weighted by atomic mass is 16.6. The van der Waals surface area contributed by atoms with Crippen LogP contribution in [-0.2, 0) is 4.79 Å². The minimum atomic E-state index is -0.475. The predicted octanol–water partition coefficient (Wildman–Crippen LogP) is 4.44. The van der Waals surface area contributed by atoms with Gasteiger partial charge in [-0.15, -0.1) is 0 Å². The number of methoxy groups -OCH3 is 1. The summed E-state index contributed by atoms with van der Waals surface area (Å²) in [4.78, 5) is 29.8. The van der Waals surface area contributed by atoms with Crippen molar-refractivity contribution in [1.82, 2.24) is 0 Å². The number of carbonyl (C=O) groups is 1. The molecule has 30 heavy (non-hydrogen) atoms. The molecule has 0 saturated heterocycles. The summed E-state index contributed by atoms with van der Waals surface area (Å²) in [7, 11) is 1.59. The first-order valence-corrected chi connectivity index (χ1v) is 9.15. The Kier molecular flexibility index (Phi) is 5.09. The van der Waals surface area contributed by atoms with E-state index in [1.807, 2.05) is 54.6 Å². The van der Waals surface area contributed by atoms with Gasteiger partial charge in [-0.05, 0) is 35.9 Å². The minimum Gasteiger partial charge on any atom is -0.497 e. The van der Waals surface area contributed by atoms with Crippen LogP contribution in [0.15, 0.2) is 89.6 Å². The van der Waals surface area contributed by atoms with E-state index in [0.717, 1.165) is 16.9 Å². The molecule has 0 bridgehead atoms. The Hall–Kier alpha value is -4.26. The second-order valence-corrected chi connectivity index (χ2v) is 6.52. The van der Waals surface area contributed by atoms with E-state index in [9.17, 15) is 14.9 Å². The van der Waals surface area contributed by atoms with E-state index in [1.54, 1.807) is 25.3 Å². The van der Waals surface area contributed by atoms with Gasteiger partial charge in [0.15, 0.2) is 0 Å². The maximum atomic E-state index is 13.2. The third-order valence-corrected chi connectivity index (χ3v) is 4.63. The van der Waals surface area contributed by atoms with Crippen LogP contribution in [0.5, 0.6) is 5.75 Å². The van der Waals surface area contributed by atoms with Crippen LogP contribution in [-0.4, -0.2) is 23.8 Å². The smallest absolute Gasteiger partial charge is 0.282 e. The molecule has 0 unspecified atom stereocenters. The van der Waals surface area contributed by atoms with Gasteiger partial charge < -0.3 is 4.74 Å². The average Bonchev–Trinajstić information content (AvgIpc) is 3.11. The molecule has 7 heteroatoms. The molecule has 1 aliphatic heterocycles. The summed E-state index contributed by atoms with van der Waals surface area (Å²) in [5, 5.41) is 11.0. The minimum absolute atomic E-state index is 0.0439. The molecule has 1 amide bonds. The third-order valence-electron chi connectivity index (χ3n) is 4.63. The molecular formula is C23H17N3O4. The molecule has 3 aromatic carbocycles. The molecule has 0 fully saturated rings. The molecule has 3 aromatic rings. The van der Waals surface area contributed by atoms with E-state index < -0.39 is 4.92 Å². The van der Waals surface area contributed by atoms with Crippen LogP contribution in [0.25, 0.3) is 6.08 Å². The highest BCUT2D eigenvalue weighted by Crippen LogP contribution is 2.29. The molecule has 0 N–H and O–H groups in total. The maximum absolute atomic E-state index is 13.2. The molecule has 0 aromatic heterocycles. The number of ether oxygens (including phenoxy) is 1. The molecule has 148 valence electrons. The van der Waals surface area contributed by atoms with Crippen LogP contribution in [0, 0.1) is 10.1 Å². The monoisotopic (exact) mass is 399 g/mol. The van der Waals surface area contributed by atoms with Gasteiger partial charge in [0.25, 0.3) is 11.6 Å². The van der Waals surface area contributed by atoms with Gasteiger partial charge >= 0.3 is 0 Å². The van der Waals surface area contributed by atoms with Crippen LogP contribution >= 0.6 is 0 Å². The van der Waals surface area contributed by atoms with Crippen molar-refractivity contribution in [3.05, 3.63) is 106 Å². The number of nitrogens with zero attached hydrogens (tertiary/aromatic N) is 3. The van der Waals surface area contributed by atoms with Gasteiger partial charge in [0, 0.05) is 17.7 Å². The molecule has 0 saturated carbocycles. The SMILES string of the molecule is COc1ccc(/C=C2\N=C(c3ccccc3)N(c3ccc([N+](=O)[O-])cc3)C2=O)cc1. The number of aliphatic imine (C=N–C) groups is 1. The summed E-state index contributed by atoms with van der Waals surface area (Å²) in [5.74, 6) is 0.878. The van der Waals surface area contributed by atoms with Crippen LogP contribution in [0.2, 0.25) is 0 Å². The Bertz CT molecular complexity index is 1150. The summed E-state index contributed by atoms with van der Waals surface area (Å²) in [6, 6.07) is 22.5. The second-order valence-electron chi connectivity index (χ2n) is 6.52. The zero-order valence-electron chi connectivity index (χ0n) is 16.1. The number of nitro groups is 1. The number of amidine groups is 1. The Labute approximate surface area is 172 Å². The highest BCUT2D eigenvalue weighted by Gasteiger charge is 2.32. The number of anilines is 1. The fraction of sp³-hybridized carbons (Fsp3) is 0.0435. The topological polar surface area (TPSA) is 85.0 Å². The fourth-order valence-corrected chi connectivity index (χ4v) is 3.12. The van der Waals surface area contributed by atoms with E-state index in [4.69, 9.17) is 4.74 Å². The lowest BCUT2D eigenvalue weighted by Gasteiger charge is -2.18. The van der Waals surface area contributed by atoms with Gasteiger partial charge in [0.2, 0.25) is 0 Å². The number of benzene rings is 3. The number of hydrogen-bond acceptors (Lipinski definition) is 5. The van der Waals surface area contributed by atoms with Crippen molar-refractivity contribution in [2.45, 2.75) is 0 Å². The second kappa shape index (κ2) is 8.00. The average molecular weight is 399 g/mol. The van der Waals surface area contributed by atoms with Crippen molar-refractivity contribution in [2.24, 2.45) is 4.99 Å².